The third-order valence-electron chi connectivity index (χ3n) is 4.48. The molecule has 126 valence electrons. The molecule has 1 aliphatic heterocycles. The molecular formula is C18H21N3O3. The molecule has 1 aliphatic rings. The molecule has 24 heavy (non-hydrogen) atoms. The highest BCUT2D eigenvalue weighted by Crippen LogP contribution is 2.30. The fourth-order valence-corrected chi connectivity index (χ4v) is 3.28. The summed E-state index contributed by atoms with van der Waals surface area (Å²) in [5.41, 5.74) is 2.52. The van der Waals surface area contributed by atoms with Crippen molar-refractivity contribution in [2.75, 3.05) is 13.1 Å². The number of likely N-dealkylation sites (tertiary alicyclic amines) is 1. The summed E-state index contributed by atoms with van der Waals surface area (Å²) in [6.07, 6.45) is 2.63. The lowest BCUT2D eigenvalue weighted by atomic mass is 9.93. The minimum atomic E-state index is -0.924. The number of nitrogens with zero attached hydrogens (tertiary/aromatic N) is 2. The maximum Gasteiger partial charge on any atom is 0.335 e. The largest absolute Gasteiger partial charge is 0.478 e. The molecule has 0 saturated carbocycles. The van der Waals surface area contributed by atoms with E-state index in [4.69, 9.17) is 0 Å². The molecule has 3 rings (SSSR count). The van der Waals surface area contributed by atoms with Crippen LogP contribution < -0.4 is 0 Å². The molecule has 1 aromatic carbocycles. The van der Waals surface area contributed by atoms with E-state index in [1.807, 2.05) is 18.2 Å². The first-order chi connectivity index (χ1) is 11.6. The summed E-state index contributed by atoms with van der Waals surface area (Å²) >= 11 is 0. The maximum absolute atomic E-state index is 12.6. The van der Waals surface area contributed by atoms with E-state index in [2.05, 4.69) is 17.1 Å². The molecule has 1 saturated heterocycles. The van der Waals surface area contributed by atoms with Gasteiger partial charge in [-0.25, -0.2) is 4.79 Å². The Balaban J connectivity index is 1.73. The number of carboxylic acid groups (broad SMARTS) is 1. The number of carbonyl (C=O) groups excluding carboxylic acids is 1. The van der Waals surface area contributed by atoms with Crippen molar-refractivity contribution in [1.29, 1.82) is 0 Å². The summed E-state index contributed by atoms with van der Waals surface area (Å²) in [6.45, 7) is 3.22. The molecular weight excluding hydrogens is 306 g/mol. The van der Waals surface area contributed by atoms with Crippen LogP contribution in [0.4, 0.5) is 0 Å². The Morgan fingerprint density at radius 3 is 2.92 bits per heavy atom. The Hall–Kier alpha value is -2.63. The van der Waals surface area contributed by atoms with Crippen molar-refractivity contribution in [2.24, 2.45) is 0 Å². The number of nitrogens with one attached hydrogen (secondary N) is 1. The Morgan fingerprint density at radius 2 is 2.17 bits per heavy atom. The molecule has 0 radical (unpaired) electrons. The Bertz CT molecular complexity index is 753. The molecule has 2 N–H and O–H groups in total. The first-order valence-electron chi connectivity index (χ1n) is 8.26. The quantitative estimate of drug-likeness (QED) is 0.884. The molecule has 0 aliphatic carbocycles. The van der Waals surface area contributed by atoms with Crippen LogP contribution in [0.25, 0.3) is 0 Å². The summed E-state index contributed by atoms with van der Waals surface area (Å²) in [4.78, 5) is 25.7. The summed E-state index contributed by atoms with van der Waals surface area (Å²) in [5.74, 6) is -0.967. The number of hydrogen-bond donors (Lipinski definition) is 2. The predicted molar refractivity (Wildman–Crippen MR) is 89.2 cm³/mol. The average Bonchev–Trinajstić information content (AvgIpc) is 3.24. The summed E-state index contributed by atoms with van der Waals surface area (Å²) in [7, 11) is 0. The molecule has 1 aromatic heterocycles. The van der Waals surface area contributed by atoms with E-state index in [0.717, 1.165) is 30.5 Å². The van der Waals surface area contributed by atoms with E-state index in [1.165, 1.54) is 0 Å². The van der Waals surface area contributed by atoms with Crippen molar-refractivity contribution in [1.82, 2.24) is 15.1 Å². The second-order valence-electron chi connectivity index (χ2n) is 6.16. The van der Waals surface area contributed by atoms with Crippen molar-refractivity contribution in [3.63, 3.8) is 0 Å². The number of aromatic amines is 1. The lowest BCUT2D eigenvalue weighted by Gasteiger charge is -2.16. The number of hydrogen-bond acceptors (Lipinski definition) is 3. The van der Waals surface area contributed by atoms with Crippen LogP contribution in [0.1, 0.15) is 57.8 Å². The Labute approximate surface area is 140 Å². The molecule has 1 unspecified atom stereocenters. The molecule has 1 fully saturated rings. The third kappa shape index (κ3) is 3.18. The minimum absolute atomic E-state index is 0.0512. The van der Waals surface area contributed by atoms with E-state index in [-0.39, 0.29) is 11.8 Å². The molecule has 1 amide bonds. The van der Waals surface area contributed by atoms with E-state index in [0.29, 0.717) is 24.3 Å². The molecule has 0 spiro atoms. The van der Waals surface area contributed by atoms with E-state index < -0.39 is 5.97 Å². The topological polar surface area (TPSA) is 86.3 Å². The maximum atomic E-state index is 12.6. The Kier molecular flexibility index (Phi) is 4.64. The van der Waals surface area contributed by atoms with Crippen LogP contribution in [0, 0.1) is 0 Å². The van der Waals surface area contributed by atoms with Crippen LogP contribution in [0.2, 0.25) is 0 Å². The van der Waals surface area contributed by atoms with Crippen molar-refractivity contribution in [3.05, 3.63) is 52.8 Å². The number of benzene rings is 1. The van der Waals surface area contributed by atoms with E-state index >= 15 is 0 Å². The lowest BCUT2D eigenvalue weighted by molar-refractivity contribution is 0.0695. The molecule has 1 atom stereocenters. The van der Waals surface area contributed by atoms with Crippen LogP contribution in [-0.2, 0) is 6.42 Å². The van der Waals surface area contributed by atoms with Gasteiger partial charge in [-0.3, -0.25) is 9.89 Å². The van der Waals surface area contributed by atoms with Crippen molar-refractivity contribution in [3.8, 4) is 0 Å². The number of carboxylic acids is 1. The predicted octanol–water partition coefficient (Wildman–Crippen LogP) is 2.69. The van der Waals surface area contributed by atoms with Crippen LogP contribution in [0.3, 0.4) is 0 Å². The first kappa shape index (κ1) is 16.2. The second-order valence-corrected chi connectivity index (χ2v) is 6.16. The Morgan fingerprint density at radius 1 is 1.38 bits per heavy atom. The molecule has 2 heterocycles. The number of aromatic carboxylic acids is 1. The van der Waals surface area contributed by atoms with Crippen LogP contribution >= 0.6 is 0 Å². The zero-order valence-electron chi connectivity index (χ0n) is 13.7. The van der Waals surface area contributed by atoms with Gasteiger partial charge in [-0.1, -0.05) is 31.5 Å². The van der Waals surface area contributed by atoms with E-state index in [9.17, 15) is 14.7 Å². The second kappa shape index (κ2) is 6.86. The van der Waals surface area contributed by atoms with Crippen LogP contribution in [-0.4, -0.2) is 45.2 Å². The first-order valence-corrected chi connectivity index (χ1v) is 8.26. The van der Waals surface area contributed by atoms with Gasteiger partial charge < -0.3 is 10.0 Å². The normalized spacial score (nSPS) is 17.2. The number of amides is 1. The molecule has 6 nitrogen and oxygen atoms in total. The van der Waals surface area contributed by atoms with Gasteiger partial charge in [0.15, 0.2) is 0 Å². The van der Waals surface area contributed by atoms with Gasteiger partial charge in [-0.05, 0) is 30.5 Å². The van der Waals surface area contributed by atoms with Crippen molar-refractivity contribution >= 4 is 11.9 Å². The van der Waals surface area contributed by atoms with Gasteiger partial charge in [-0.2, -0.15) is 5.10 Å². The van der Waals surface area contributed by atoms with Crippen molar-refractivity contribution in [2.45, 2.75) is 32.1 Å². The summed E-state index contributed by atoms with van der Waals surface area (Å²) in [6, 6.07) is 8.84. The fraction of sp³-hybridized carbons (Fsp3) is 0.389. The molecule has 2 aromatic rings. The van der Waals surface area contributed by atoms with Gasteiger partial charge in [-0.15, -0.1) is 0 Å². The van der Waals surface area contributed by atoms with E-state index in [1.54, 1.807) is 17.0 Å². The van der Waals surface area contributed by atoms with Gasteiger partial charge in [0.1, 0.15) is 5.69 Å². The zero-order chi connectivity index (χ0) is 17.1. The minimum Gasteiger partial charge on any atom is -0.478 e. The van der Waals surface area contributed by atoms with Crippen LogP contribution in [0.15, 0.2) is 30.3 Å². The summed E-state index contributed by atoms with van der Waals surface area (Å²) in [5, 5.41) is 16.4. The number of aryl methyl sites for hydroxylation is 1. The SMILES string of the molecule is CCCc1cc(C(=O)N2CCC(c3ccccc3C(=O)O)C2)n[nH]1. The number of rotatable bonds is 5. The standard InChI is InChI=1S/C18H21N3O3/c1-2-5-13-10-16(20-19-13)17(22)21-9-8-12(11-21)14-6-3-4-7-15(14)18(23)24/h3-4,6-7,10,12H,2,5,8-9,11H2,1H3,(H,19,20)(H,23,24). The fourth-order valence-electron chi connectivity index (χ4n) is 3.28. The smallest absolute Gasteiger partial charge is 0.335 e. The van der Waals surface area contributed by atoms with Gasteiger partial charge in [0.25, 0.3) is 5.91 Å². The molecule has 0 bridgehead atoms. The third-order valence-corrected chi connectivity index (χ3v) is 4.48. The average molecular weight is 327 g/mol. The highest BCUT2D eigenvalue weighted by molar-refractivity contribution is 5.93. The zero-order valence-corrected chi connectivity index (χ0v) is 13.7. The monoisotopic (exact) mass is 327 g/mol. The van der Waals surface area contributed by atoms with Gasteiger partial charge >= 0.3 is 5.97 Å². The van der Waals surface area contributed by atoms with Gasteiger partial charge in [0, 0.05) is 24.7 Å². The van der Waals surface area contributed by atoms with Gasteiger partial charge in [0.05, 0.1) is 5.56 Å². The number of H-pyrrole nitrogens is 1. The highest BCUT2D eigenvalue weighted by Gasteiger charge is 2.31. The molecule has 6 heteroatoms. The number of carbonyl (C=O) groups is 2. The van der Waals surface area contributed by atoms with Crippen molar-refractivity contribution < 1.29 is 14.7 Å². The van der Waals surface area contributed by atoms with Gasteiger partial charge in [0.2, 0.25) is 0 Å². The summed E-state index contributed by atoms with van der Waals surface area (Å²) < 4.78 is 0. The highest BCUT2D eigenvalue weighted by atomic mass is 16.4. The lowest BCUT2D eigenvalue weighted by Crippen LogP contribution is -2.28. The van der Waals surface area contributed by atoms with Crippen LogP contribution in [0.5, 0.6) is 0 Å². The number of aromatic nitrogens is 2.